The summed E-state index contributed by atoms with van der Waals surface area (Å²) in [5, 5.41) is 0. The van der Waals surface area contributed by atoms with Gasteiger partial charge in [-0.3, -0.25) is 9.78 Å². The zero-order valence-electron chi connectivity index (χ0n) is 17.1. The molecule has 1 spiro atoms. The van der Waals surface area contributed by atoms with Gasteiger partial charge in [0.1, 0.15) is 6.10 Å². The van der Waals surface area contributed by atoms with Crippen LogP contribution in [0.15, 0.2) is 24.4 Å². The zero-order valence-corrected chi connectivity index (χ0v) is 17.1. The summed E-state index contributed by atoms with van der Waals surface area (Å²) in [5.74, 6) is 0.960. The van der Waals surface area contributed by atoms with E-state index in [1.165, 1.54) is 19.3 Å². The second-order valence-corrected chi connectivity index (χ2v) is 9.93. The molecule has 4 aliphatic rings. The average Bonchev–Trinajstić information content (AvgIpc) is 3.38. The number of ether oxygens (including phenoxy) is 2. The van der Waals surface area contributed by atoms with Gasteiger partial charge < -0.3 is 14.4 Å². The normalized spacial score (nSPS) is 41.6. The van der Waals surface area contributed by atoms with Crippen molar-refractivity contribution in [2.45, 2.75) is 57.2 Å². The molecule has 2 saturated heterocycles. The lowest BCUT2D eigenvalue weighted by molar-refractivity contribution is -0.147. The van der Waals surface area contributed by atoms with Crippen molar-refractivity contribution in [3.05, 3.63) is 30.1 Å². The zero-order chi connectivity index (χ0) is 19.4. The number of fused-ring (bicyclic) bond motifs is 3. The van der Waals surface area contributed by atoms with Gasteiger partial charge in [-0.25, -0.2) is 0 Å². The molecule has 28 heavy (non-hydrogen) atoms. The number of epoxide rings is 1. The summed E-state index contributed by atoms with van der Waals surface area (Å²) in [6.07, 6.45) is 8.67. The minimum atomic E-state index is 0.000934. The smallest absolute Gasteiger partial charge is 0.310 e. The maximum atomic E-state index is 12.7. The van der Waals surface area contributed by atoms with Crippen molar-refractivity contribution in [1.82, 2.24) is 9.88 Å². The van der Waals surface area contributed by atoms with Crippen LogP contribution in [0.4, 0.5) is 0 Å². The highest BCUT2D eigenvalue weighted by atomic mass is 16.6. The van der Waals surface area contributed by atoms with Gasteiger partial charge in [-0.15, -0.1) is 0 Å². The Kier molecular flexibility index (Phi) is 4.51. The number of likely N-dealkylation sites (N-methyl/N-ethyl adjacent to an activating group) is 1. The van der Waals surface area contributed by atoms with Gasteiger partial charge in [-0.1, -0.05) is 13.0 Å². The summed E-state index contributed by atoms with van der Waals surface area (Å²) >= 11 is 0. The third kappa shape index (κ3) is 3.17. The number of pyridine rings is 1. The van der Waals surface area contributed by atoms with Crippen molar-refractivity contribution >= 4 is 5.97 Å². The molecule has 1 aromatic heterocycles. The van der Waals surface area contributed by atoms with E-state index in [4.69, 9.17) is 9.47 Å². The Morgan fingerprint density at radius 3 is 2.93 bits per heavy atom. The molecular formula is C23H32N2O3. The molecule has 0 amide bonds. The maximum absolute atomic E-state index is 12.7. The molecule has 0 radical (unpaired) electrons. The first-order valence-corrected chi connectivity index (χ1v) is 10.9. The molecule has 2 aliphatic heterocycles. The highest BCUT2D eigenvalue weighted by molar-refractivity contribution is 5.75. The van der Waals surface area contributed by atoms with Gasteiger partial charge in [-0.05, 0) is 62.6 Å². The van der Waals surface area contributed by atoms with Gasteiger partial charge in [0.15, 0.2) is 0 Å². The van der Waals surface area contributed by atoms with Crippen LogP contribution in [-0.4, -0.2) is 54.3 Å². The predicted molar refractivity (Wildman–Crippen MR) is 106 cm³/mol. The number of rotatable bonds is 5. The first-order valence-electron chi connectivity index (χ1n) is 10.9. The van der Waals surface area contributed by atoms with E-state index in [9.17, 15) is 4.79 Å². The van der Waals surface area contributed by atoms with Crippen LogP contribution in [0.1, 0.15) is 44.7 Å². The fourth-order valence-electron chi connectivity index (χ4n) is 6.44. The number of hydrogen-bond donors (Lipinski definition) is 0. The second kappa shape index (κ2) is 6.81. The lowest BCUT2D eigenvalue weighted by Gasteiger charge is -2.51. The van der Waals surface area contributed by atoms with E-state index in [2.05, 4.69) is 29.9 Å². The molecule has 152 valence electrons. The molecule has 0 unspecified atom stereocenters. The third-order valence-corrected chi connectivity index (χ3v) is 8.06. The number of aromatic nitrogens is 1. The van der Waals surface area contributed by atoms with Crippen molar-refractivity contribution in [1.29, 1.82) is 0 Å². The van der Waals surface area contributed by atoms with Crippen LogP contribution in [-0.2, 0) is 20.7 Å². The van der Waals surface area contributed by atoms with E-state index in [-0.39, 0.29) is 29.0 Å². The molecule has 3 heterocycles. The van der Waals surface area contributed by atoms with Gasteiger partial charge in [-0.2, -0.15) is 0 Å². The molecular weight excluding hydrogens is 352 g/mol. The Balaban J connectivity index is 1.25. The molecule has 0 bridgehead atoms. The number of nitrogens with zero attached hydrogens (tertiary/aromatic N) is 2. The number of esters is 1. The first-order chi connectivity index (χ1) is 13.5. The molecule has 2 saturated carbocycles. The molecule has 0 N–H and O–H groups in total. The maximum Gasteiger partial charge on any atom is 0.310 e. The number of carbonyl (C=O) groups excluding carboxylic acids is 1. The predicted octanol–water partition coefficient (Wildman–Crippen LogP) is 3.08. The van der Waals surface area contributed by atoms with Gasteiger partial charge in [0.2, 0.25) is 0 Å². The quantitative estimate of drug-likeness (QED) is 0.577. The summed E-state index contributed by atoms with van der Waals surface area (Å²) in [6, 6.07) is 6.04. The standard InChI is InChI=1S/C23H32N2O3/c1-22-8-5-9-23(15-27-23)20(22)12-17-18(21(26)28-19(17)13-22)14-25(2)11-7-16-6-3-4-10-24-16/h3-4,6,10,17-20H,5,7-9,11-15H2,1-2H3/t17-,18+,19+,20+,22+,23-/m0/s1. The Labute approximate surface area is 167 Å². The fourth-order valence-corrected chi connectivity index (χ4v) is 6.44. The molecule has 5 rings (SSSR count). The van der Waals surface area contributed by atoms with Gasteiger partial charge in [0.05, 0.1) is 18.1 Å². The van der Waals surface area contributed by atoms with Crippen LogP contribution in [0, 0.1) is 23.2 Å². The summed E-state index contributed by atoms with van der Waals surface area (Å²) in [7, 11) is 2.11. The minimum absolute atomic E-state index is 0.000934. The molecule has 5 nitrogen and oxygen atoms in total. The fraction of sp³-hybridized carbons (Fsp3) is 0.739. The van der Waals surface area contributed by atoms with E-state index < -0.39 is 0 Å². The van der Waals surface area contributed by atoms with Crippen molar-refractivity contribution in [3.8, 4) is 0 Å². The molecule has 6 atom stereocenters. The molecule has 0 aromatic carbocycles. The van der Waals surface area contributed by atoms with Crippen LogP contribution in [0.3, 0.4) is 0 Å². The Hall–Kier alpha value is -1.46. The first kappa shape index (κ1) is 18.6. The van der Waals surface area contributed by atoms with Crippen LogP contribution < -0.4 is 0 Å². The molecule has 1 aromatic rings. The largest absolute Gasteiger partial charge is 0.462 e. The number of carbonyl (C=O) groups is 1. The van der Waals surface area contributed by atoms with Crippen molar-refractivity contribution in [3.63, 3.8) is 0 Å². The van der Waals surface area contributed by atoms with E-state index in [1.54, 1.807) is 0 Å². The Morgan fingerprint density at radius 1 is 1.32 bits per heavy atom. The van der Waals surface area contributed by atoms with E-state index >= 15 is 0 Å². The van der Waals surface area contributed by atoms with Crippen molar-refractivity contribution < 1.29 is 14.3 Å². The highest BCUT2D eigenvalue weighted by Gasteiger charge is 2.65. The second-order valence-electron chi connectivity index (χ2n) is 9.93. The summed E-state index contributed by atoms with van der Waals surface area (Å²) in [6.45, 7) is 5.03. The van der Waals surface area contributed by atoms with Crippen LogP contribution in [0.2, 0.25) is 0 Å². The number of hydrogen-bond acceptors (Lipinski definition) is 5. The molecule has 2 aliphatic carbocycles. The van der Waals surface area contributed by atoms with Gasteiger partial charge in [0.25, 0.3) is 0 Å². The van der Waals surface area contributed by atoms with Gasteiger partial charge in [0, 0.05) is 37.3 Å². The topological polar surface area (TPSA) is 55.0 Å². The van der Waals surface area contributed by atoms with E-state index in [0.717, 1.165) is 44.7 Å². The summed E-state index contributed by atoms with van der Waals surface area (Å²) in [5.41, 5.74) is 1.50. The lowest BCUT2D eigenvalue weighted by Crippen LogP contribution is -2.51. The van der Waals surface area contributed by atoms with Crippen LogP contribution in [0.5, 0.6) is 0 Å². The highest BCUT2D eigenvalue weighted by Crippen LogP contribution is 2.62. The van der Waals surface area contributed by atoms with Crippen molar-refractivity contribution in [2.24, 2.45) is 23.2 Å². The van der Waals surface area contributed by atoms with Crippen molar-refractivity contribution in [2.75, 3.05) is 26.7 Å². The van der Waals surface area contributed by atoms with Gasteiger partial charge >= 0.3 is 5.97 Å². The van der Waals surface area contributed by atoms with E-state index in [1.807, 2.05) is 18.3 Å². The van der Waals surface area contributed by atoms with Crippen LogP contribution >= 0.6 is 0 Å². The molecule has 4 fully saturated rings. The molecule has 5 heteroatoms. The lowest BCUT2D eigenvalue weighted by atomic mass is 9.53. The SMILES string of the molecule is CN(CCc1ccccn1)C[C@H]1C(=O)O[C@@H]2C[C@@]3(C)CCC[C@]4(CO4)[C@@H]3C[C@H]21. The van der Waals surface area contributed by atoms with E-state index in [0.29, 0.717) is 11.8 Å². The monoisotopic (exact) mass is 384 g/mol. The Morgan fingerprint density at radius 2 is 2.18 bits per heavy atom. The minimum Gasteiger partial charge on any atom is -0.462 e. The van der Waals surface area contributed by atoms with Crippen LogP contribution in [0.25, 0.3) is 0 Å². The summed E-state index contributed by atoms with van der Waals surface area (Å²) in [4.78, 5) is 19.4. The Bertz CT molecular complexity index is 735. The third-order valence-electron chi connectivity index (χ3n) is 8.06. The average molecular weight is 385 g/mol. The summed E-state index contributed by atoms with van der Waals surface area (Å²) < 4.78 is 11.9.